The Morgan fingerprint density at radius 3 is 2.48 bits per heavy atom. The van der Waals surface area contributed by atoms with Crippen molar-refractivity contribution in [3.05, 3.63) is 94.0 Å². The van der Waals surface area contributed by atoms with Gasteiger partial charge < -0.3 is 4.74 Å². The van der Waals surface area contributed by atoms with Crippen LogP contribution in [0.3, 0.4) is 0 Å². The van der Waals surface area contributed by atoms with Crippen LogP contribution in [0.1, 0.15) is 17.2 Å². The van der Waals surface area contributed by atoms with Crippen molar-refractivity contribution >= 4 is 23.2 Å². The molecular weight excluding hydrogens is 377 g/mol. The van der Waals surface area contributed by atoms with Crippen LogP contribution in [0.15, 0.2) is 72.8 Å². The number of benzene rings is 3. The van der Waals surface area contributed by atoms with Crippen molar-refractivity contribution in [3.8, 4) is 11.1 Å². The molecular formula is C23H21Cl2NO. The second kappa shape index (κ2) is 8.45. The van der Waals surface area contributed by atoms with Gasteiger partial charge in [-0.25, -0.2) is 0 Å². The Kier molecular flexibility index (Phi) is 5.80. The van der Waals surface area contributed by atoms with Gasteiger partial charge in [-0.05, 0) is 34.9 Å². The SMILES string of the molecule is Clc1ccc(Cl)c(-c2ccc(CN3CCO[C@@H](c4ccccc4)C3)cc2)c1. The third kappa shape index (κ3) is 4.53. The molecule has 0 amide bonds. The predicted molar refractivity (Wildman–Crippen MR) is 112 cm³/mol. The van der Waals surface area contributed by atoms with Crippen LogP contribution in [0.2, 0.25) is 10.0 Å². The summed E-state index contributed by atoms with van der Waals surface area (Å²) in [5.41, 5.74) is 4.57. The fraction of sp³-hybridized carbons (Fsp3) is 0.217. The van der Waals surface area contributed by atoms with E-state index in [0.717, 1.165) is 37.4 Å². The molecule has 0 unspecified atom stereocenters. The van der Waals surface area contributed by atoms with E-state index in [9.17, 15) is 0 Å². The molecule has 1 saturated heterocycles. The maximum absolute atomic E-state index is 6.32. The van der Waals surface area contributed by atoms with Gasteiger partial charge in [-0.1, -0.05) is 77.8 Å². The van der Waals surface area contributed by atoms with Crippen LogP contribution >= 0.6 is 23.2 Å². The van der Waals surface area contributed by atoms with Crippen LogP contribution in [0.5, 0.6) is 0 Å². The lowest BCUT2D eigenvalue weighted by molar-refractivity contribution is -0.0329. The van der Waals surface area contributed by atoms with Crippen LogP contribution in [-0.2, 0) is 11.3 Å². The van der Waals surface area contributed by atoms with Gasteiger partial charge in [0.1, 0.15) is 0 Å². The number of rotatable bonds is 4. The van der Waals surface area contributed by atoms with E-state index in [1.54, 1.807) is 0 Å². The molecule has 1 aliphatic heterocycles. The fourth-order valence-electron chi connectivity index (χ4n) is 3.48. The topological polar surface area (TPSA) is 12.5 Å². The highest BCUT2D eigenvalue weighted by Gasteiger charge is 2.21. The number of hydrogen-bond acceptors (Lipinski definition) is 2. The monoisotopic (exact) mass is 397 g/mol. The maximum atomic E-state index is 6.32. The van der Waals surface area contributed by atoms with Gasteiger partial charge in [-0.3, -0.25) is 4.90 Å². The van der Waals surface area contributed by atoms with E-state index >= 15 is 0 Å². The summed E-state index contributed by atoms with van der Waals surface area (Å²) in [7, 11) is 0. The predicted octanol–water partition coefficient (Wildman–Crippen LogP) is 6.23. The van der Waals surface area contributed by atoms with E-state index in [1.807, 2.05) is 24.3 Å². The zero-order chi connectivity index (χ0) is 18.6. The Balaban J connectivity index is 1.44. The van der Waals surface area contributed by atoms with Gasteiger partial charge in [0.15, 0.2) is 0 Å². The summed E-state index contributed by atoms with van der Waals surface area (Å²) >= 11 is 12.4. The summed E-state index contributed by atoms with van der Waals surface area (Å²) < 4.78 is 5.96. The van der Waals surface area contributed by atoms with Crippen LogP contribution in [-0.4, -0.2) is 24.6 Å². The Labute approximate surface area is 170 Å². The van der Waals surface area contributed by atoms with Crippen molar-refractivity contribution in [3.63, 3.8) is 0 Å². The van der Waals surface area contributed by atoms with Gasteiger partial charge in [0, 0.05) is 35.2 Å². The van der Waals surface area contributed by atoms with E-state index < -0.39 is 0 Å². The van der Waals surface area contributed by atoms with Crippen molar-refractivity contribution in [1.29, 1.82) is 0 Å². The van der Waals surface area contributed by atoms with Gasteiger partial charge in [-0.2, -0.15) is 0 Å². The molecule has 0 spiro atoms. The average Bonchev–Trinajstić information content (AvgIpc) is 2.71. The summed E-state index contributed by atoms with van der Waals surface area (Å²) in [5, 5.41) is 1.41. The van der Waals surface area contributed by atoms with E-state index in [4.69, 9.17) is 27.9 Å². The van der Waals surface area contributed by atoms with Crippen LogP contribution in [0.4, 0.5) is 0 Å². The Morgan fingerprint density at radius 1 is 0.926 bits per heavy atom. The Hall–Kier alpha value is -1.84. The molecule has 0 radical (unpaired) electrons. The molecule has 0 saturated carbocycles. The highest BCUT2D eigenvalue weighted by molar-refractivity contribution is 6.35. The summed E-state index contributed by atoms with van der Waals surface area (Å²) in [6.07, 6.45) is 0.143. The molecule has 3 aromatic carbocycles. The first-order chi connectivity index (χ1) is 13.2. The molecule has 0 bridgehead atoms. The van der Waals surface area contributed by atoms with Crippen LogP contribution in [0.25, 0.3) is 11.1 Å². The van der Waals surface area contributed by atoms with Crippen molar-refractivity contribution in [2.45, 2.75) is 12.6 Å². The largest absolute Gasteiger partial charge is 0.371 e. The fourth-order valence-corrected chi connectivity index (χ4v) is 3.88. The molecule has 3 aromatic rings. The van der Waals surface area contributed by atoms with Gasteiger partial charge in [0.2, 0.25) is 0 Å². The summed E-state index contributed by atoms with van der Waals surface area (Å²) in [6.45, 7) is 3.53. The number of ether oxygens (including phenoxy) is 1. The molecule has 1 heterocycles. The van der Waals surface area contributed by atoms with Gasteiger partial charge in [-0.15, -0.1) is 0 Å². The lowest BCUT2D eigenvalue weighted by atomic mass is 10.0. The zero-order valence-corrected chi connectivity index (χ0v) is 16.5. The minimum atomic E-state index is 0.143. The quantitative estimate of drug-likeness (QED) is 0.516. The van der Waals surface area contributed by atoms with Crippen molar-refractivity contribution in [2.75, 3.05) is 19.7 Å². The lowest BCUT2D eigenvalue weighted by Crippen LogP contribution is -2.37. The summed E-state index contributed by atoms with van der Waals surface area (Å²) in [6, 6.07) is 24.6. The number of hydrogen-bond donors (Lipinski definition) is 0. The zero-order valence-electron chi connectivity index (χ0n) is 14.9. The molecule has 0 N–H and O–H groups in total. The molecule has 4 heteroatoms. The number of halogens is 2. The van der Waals surface area contributed by atoms with Crippen molar-refractivity contribution < 1.29 is 4.74 Å². The maximum Gasteiger partial charge on any atom is 0.0952 e. The standard InChI is InChI=1S/C23H21Cl2NO/c24-20-10-11-22(25)21(14-20)18-8-6-17(7-9-18)15-26-12-13-27-23(16-26)19-4-2-1-3-5-19/h1-11,14,23H,12-13,15-16H2/t23-/m1/s1. The minimum Gasteiger partial charge on any atom is -0.371 e. The highest BCUT2D eigenvalue weighted by atomic mass is 35.5. The van der Waals surface area contributed by atoms with Gasteiger partial charge in [0.25, 0.3) is 0 Å². The van der Waals surface area contributed by atoms with Crippen LogP contribution < -0.4 is 0 Å². The van der Waals surface area contributed by atoms with E-state index in [0.29, 0.717) is 10.0 Å². The molecule has 1 aliphatic rings. The third-order valence-corrected chi connectivity index (χ3v) is 5.49. The third-order valence-electron chi connectivity index (χ3n) is 4.92. The van der Waals surface area contributed by atoms with E-state index in [2.05, 4.69) is 53.4 Å². The lowest BCUT2D eigenvalue weighted by Gasteiger charge is -2.33. The number of morpholine rings is 1. The first-order valence-electron chi connectivity index (χ1n) is 9.12. The molecule has 1 fully saturated rings. The van der Waals surface area contributed by atoms with Crippen LogP contribution in [0, 0.1) is 0 Å². The van der Waals surface area contributed by atoms with E-state index in [1.165, 1.54) is 11.1 Å². The molecule has 2 nitrogen and oxygen atoms in total. The molecule has 0 aromatic heterocycles. The highest BCUT2D eigenvalue weighted by Crippen LogP contribution is 2.31. The van der Waals surface area contributed by atoms with Gasteiger partial charge >= 0.3 is 0 Å². The summed E-state index contributed by atoms with van der Waals surface area (Å²) in [4.78, 5) is 2.45. The van der Waals surface area contributed by atoms with Crippen molar-refractivity contribution in [2.24, 2.45) is 0 Å². The van der Waals surface area contributed by atoms with Gasteiger partial charge in [0.05, 0.1) is 12.7 Å². The Bertz CT molecular complexity index is 896. The molecule has 27 heavy (non-hydrogen) atoms. The van der Waals surface area contributed by atoms with Crippen molar-refractivity contribution in [1.82, 2.24) is 4.90 Å². The smallest absolute Gasteiger partial charge is 0.0952 e. The molecule has 0 aliphatic carbocycles. The first-order valence-corrected chi connectivity index (χ1v) is 9.88. The Morgan fingerprint density at radius 2 is 1.70 bits per heavy atom. The molecule has 4 rings (SSSR count). The molecule has 138 valence electrons. The normalized spacial score (nSPS) is 17.8. The second-order valence-electron chi connectivity index (χ2n) is 6.83. The number of nitrogens with zero attached hydrogens (tertiary/aromatic N) is 1. The molecule has 1 atom stereocenters. The minimum absolute atomic E-state index is 0.143. The second-order valence-corrected chi connectivity index (χ2v) is 7.67. The van der Waals surface area contributed by atoms with E-state index in [-0.39, 0.29) is 6.10 Å². The summed E-state index contributed by atoms with van der Waals surface area (Å²) in [5.74, 6) is 0. The average molecular weight is 398 g/mol. The first kappa shape index (κ1) is 18.5.